The Kier molecular flexibility index (Phi) is 71.9. The molecule has 71 heavy (non-hydrogen) atoms. The van der Waals surface area contributed by atoms with Crippen molar-refractivity contribution in [1.29, 1.82) is 0 Å². The lowest BCUT2D eigenvalue weighted by atomic mass is 9.64. The smallest absolute Gasteiger partial charge is 0.00927 e. The molecule has 428 valence electrons. The molecule has 0 amide bonds. The molecule has 0 N–H and O–H groups in total. The molecule has 2 aliphatic rings. The predicted molar refractivity (Wildman–Crippen MR) is 339 cm³/mol. The number of allylic oxidation sites excluding steroid dienone is 4. The third kappa shape index (κ3) is 57.8. The van der Waals surface area contributed by atoms with Gasteiger partial charge in [-0.1, -0.05) is 321 Å². The van der Waals surface area contributed by atoms with Crippen molar-refractivity contribution < 1.29 is 0 Å². The van der Waals surface area contributed by atoms with Crippen LogP contribution < -0.4 is 0 Å². The van der Waals surface area contributed by atoms with E-state index in [1.807, 2.05) is 20.8 Å². The van der Waals surface area contributed by atoms with E-state index in [0.717, 1.165) is 36.0 Å². The molecule has 0 radical (unpaired) electrons. The quantitative estimate of drug-likeness (QED) is 0.0454. The molecule has 0 aromatic heterocycles. The summed E-state index contributed by atoms with van der Waals surface area (Å²) in [6, 6.07) is 0. The first kappa shape index (κ1) is 81.1. The summed E-state index contributed by atoms with van der Waals surface area (Å²) >= 11 is 0. The molecular weight excluding hydrogens is 853 g/mol. The van der Waals surface area contributed by atoms with E-state index in [4.69, 9.17) is 0 Å². The highest BCUT2D eigenvalue weighted by atomic mass is 14.4. The van der Waals surface area contributed by atoms with Gasteiger partial charge in [-0.3, -0.25) is 0 Å². The maximum absolute atomic E-state index is 4.30. The van der Waals surface area contributed by atoms with Gasteiger partial charge in [0.25, 0.3) is 0 Å². The van der Waals surface area contributed by atoms with Crippen LogP contribution >= 0.6 is 0 Å². The van der Waals surface area contributed by atoms with Crippen LogP contribution in [-0.4, -0.2) is 0 Å². The maximum Gasteiger partial charge on any atom is -0.00927 e. The van der Waals surface area contributed by atoms with Crippen LogP contribution in [0.4, 0.5) is 0 Å². The molecule has 0 bridgehead atoms. The van der Waals surface area contributed by atoms with Crippen molar-refractivity contribution in [3.8, 4) is 0 Å². The first-order chi connectivity index (χ1) is 34.1. The van der Waals surface area contributed by atoms with Gasteiger partial charge in [0, 0.05) is 0 Å². The molecule has 2 rings (SSSR count). The lowest BCUT2D eigenvalue weighted by Crippen LogP contribution is -2.31. The molecule has 0 aliphatic heterocycles. The van der Waals surface area contributed by atoms with Gasteiger partial charge in [-0.2, -0.15) is 0 Å². The van der Waals surface area contributed by atoms with E-state index >= 15 is 0 Å². The normalized spacial score (nSPS) is 16.6. The second kappa shape index (κ2) is 63.0. The molecule has 0 nitrogen and oxygen atoms in total. The van der Waals surface area contributed by atoms with Crippen molar-refractivity contribution in [3.05, 3.63) is 63.3 Å². The van der Waals surface area contributed by atoms with Crippen LogP contribution in [-0.2, 0) is 0 Å². The first-order valence-electron chi connectivity index (χ1n) is 32.0. The van der Waals surface area contributed by atoms with Gasteiger partial charge in [0.15, 0.2) is 0 Å². The van der Waals surface area contributed by atoms with Crippen LogP contribution in [0.15, 0.2) is 63.3 Å². The average molecular weight is 998 g/mol. The van der Waals surface area contributed by atoms with Crippen LogP contribution in [0.5, 0.6) is 0 Å². The van der Waals surface area contributed by atoms with Crippen molar-refractivity contribution in [2.75, 3.05) is 0 Å². The fourth-order valence-corrected chi connectivity index (χ4v) is 10.5. The highest BCUT2D eigenvalue weighted by molar-refractivity contribution is 5.00. The van der Waals surface area contributed by atoms with Crippen LogP contribution in [0.1, 0.15) is 349 Å². The topological polar surface area (TPSA) is 0 Å². The third-order valence-corrected chi connectivity index (χ3v) is 15.2. The summed E-state index contributed by atoms with van der Waals surface area (Å²) in [7, 11) is 0. The molecule has 0 heteroatoms. The van der Waals surface area contributed by atoms with Gasteiger partial charge < -0.3 is 0 Å². The summed E-state index contributed by atoms with van der Waals surface area (Å²) in [5.74, 6) is 5.54. The van der Waals surface area contributed by atoms with Crippen LogP contribution in [0, 0.1) is 46.3 Å². The summed E-state index contributed by atoms with van der Waals surface area (Å²) in [5.41, 5.74) is 2.27. The minimum Gasteiger partial charge on any atom is -0.106 e. The Morgan fingerprint density at radius 3 is 1.49 bits per heavy atom. The van der Waals surface area contributed by atoms with E-state index in [1.165, 1.54) is 224 Å². The second-order valence-corrected chi connectivity index (χ2v) is 23.5. The molecule has 0 spiro atoms. The lowest BCUT2D eigenvalue weighted by Gasteiger charge is -2.41. The lowest BCUT2D eigenvalue weighted by molar-refractivity contribution is 0.138. The van der Waals surface area contributed by atoms with Crippen LogP contribution in [0.2, 0.25) is 0 Å². The minimum absolute atomic E-state index is 0.354. The molecule has 2 fully saturated rings. The zero-order chi connectivity index (χ0) is 55.6. The minimum atomic E-state index is 0.354. The van der Waals surface area contributed by atoms with Gasteiger partial charge in [-0.25, -0.2) is 0 Å². The SMILES string of the molecule is C=C.C=CC.C=CC(CC(C)CCCCC(=C)CCC)(CC1CCCCC1)C(C)C.C=CCC(C)(C)CCC(C)CCCC.CC.CCC.CCCCCC.CCCCCCCCCC1CCC(CC)C1. The fraction of sp³-hybridized carbons (Fsp3) is 0.859. The Morgan fingerprint density at radius 2 is 1.04 bits per heavy atom. The standard InChI is InChI=1S/C25H46.C16H32.C14H28.C6H14.C3H8.C3H6.C2H6.C2H4/c1-7-14-22(5)15-12-13-16-23(6)19-25(8-2,21(3)4)20-24-17-10-9-11-18-24;1-3-5-6-7-8-9-10-11-16-13-12-15(4-2)14-16;1-6-8-9-13(3)10-12-14(4,5)11-7-2;1-3-5-6-4-2;2*1-3-2;2*1-2/h8,21,23-24H,2,5,7,9-20H2,1,3-4,6H3;15-16H,3-14H2,1-2H3;7,13H,2,6,8-12H2,1,3-5H3;3-6H2,1-2H3;3H2,1-2H3;3H,1H2,2H3;1-2H3;1-2H2. The summed E-state index contributed by atoms with van der Waals surface area (Å²) < 4.78 is 0. The van der Waals surface area contributed by atoms with E-state index in [-0.39, 0.29) is 0 Å². The summed E-state index contributed by atoms with van der Waals surface area (Å²) in [6.07, 6.45) is 56.5. The predicted octanol–water partition coefficient (Wildman–Crippen LogP) is 26.9. The third-order valence-electron chi connectivity index (χ3n) is 15.2. The van der Waals surface area contributed by atoms with E-state index in [1.54, 1.807) is 12.5 Å². The summed E-state index contributed by atoms with van der Waals surface area (Å²) in [4.78, 5) is 0. The molecule has 5 unspecified atom stereocenters. The number of rotatable bonds is 33. The highest BCUT2D eigenvalue weighted by Gasteiger charge is 2.35. The van der Waals surface area contributed by atoms with E-state index < -0.39 is 0 Å². The van der Waals surface area contributed by atoms with Crippen molar-refractivity contribution in [1.82, 2.24) is 0 Å². The Morgan fingerprint density at radius 1 is 0.563 bits per heavy atom. The fourth-order valence-electron chi connectivity index (χ4n) is 10.5. The van der Waals surface area contributed by atoms with Gasteiger partial charge in [0.05, 0.1) is 0 Å². The number of unbranched alkanes of at least 4 members (excludes halogenated alkanes) is 11. The zero-order valence-electron chi connectivity index (χ0n) is 53.4. The van der Waals surface area contributed by atoms with Crippen molar-refractivity contribution >= 4 is 0 Å². The van der Waals surface area contributed by atoms with Gasteiger partial charge in [-0.15, -0.1) is 32.9 Å². The van der Waals surface area contributed by atoms with E-state index in [2.05, 4.69) is 149 Å². The first-order valence-corrected chi connectivity index (χ1v) is 32.0. The summed E-state index contributed by atoms with van der Waals surface area (Å²) in [6.45, 7) is 59.9. The Bertz CT molecular complexity index is 1020. The van der Waals surface area contributed by atoms with Gasteiger partial charge in [0.1, 0.15) is 0 Å². The molecular formula is C71H144. The second-order valence-electron chi connectivity index (χ2n) is 23.5. The van der Waals surface area contributed by atoms with Gasteiger partial charge >= 0.3 is 0 Å². The molecule has 2 aliphatic carbocycles. The molecule has 0 aromatic rings. The molecule has 0 saturated heterocycles. The van der Waals surface area contributed by atoms with Gasteiger partial charge in [-0.05, 0) is 105 Å². The zero-order valence-corrected chi connectivity index (χ0v) is 53.4. The Balaban J connectivity index is -0.000000199. The molecule has 0 heterocycles. The van der Waals surface area contributed by atoms with Gasteiger partial charge in [0.2, 0.25) is 0 Å². The number of hydrogen-bond donors (Lipinski definition) is 0. The molecule has 0 aromatic carbocycles. The summed E-state index contributed by atoms with van der Waals surface area (Å²) in [5, 5.41) is 0. The average Bonchev–Trinajstić information content (AvgIpc) is 3.83. The number of hydrogen-bond acceptors (Lipinski definition) is 0. The van der Waals surface area contributed by atoms with Crippen molar-refractivity contribution in [2.24, 2.45) is 46.3 Å². The molecule has 5 atom stereocenters. The Labute approximate surface area is 456 Å². The Hall–Kier alpha value is -1.30. The monoisotopic (exact) mass is 997 g/mol. The highest BCUT2D eigenvalue weighted by Crippen LogP contribution is 2.45. The van der Waals surface area contributed by atoms with Crippen molar-refractivity contribution in [3.63, 3.8) is 0 Å². The molecule has 2 saturated carbocycles. The van der Waals surface area contributed by atoms with E-state index in [0.29, 0.717) is 16.7 Å². The van der Waals surface area contributed by atoms with Crippen molar-refractivity contribution in [2.45, 2.75) is 349 Å². The van der Waals surface area contributed by atoms with Crippen LogP contribution in [0.25, 0.3) is 0 Å². The van der Waals surface area contributed by atoms with E-state index in [9.17, 15) is 0 Å². The van der Waals surface area contributed by atoms with Crippen LogP contribution in [0.3, 0.4) is 0 Å². The maximum atomic E-state index is 4.30. The largest absolute Gasteiger partial charge is 0.106 e.